The smallest absolute Gasteiger partial charge is 0.247 e. The molecule has 0 aliphatic carbocycles. The van der Waals surface area contributed by atoms with Crippen LogP contribution < -0.4 is 41.8 Å². The molecule has 0 saturated heterocycles. The summed E-state index contributed by atoms with van der Waals surface area (Å²) in [6, 6.07) is 27.9. The Balaban J connectivity index is 0.000000290. The predicted octanol–water partition coefficient (Wildman–Crippen LogP) is 9.96. The van der Waals surface area contributed by atoms with Crippen molar-refractivity contribution in [2.45, 2.75) is 7.43 Å². The average molecular weight is 919 g/mol. The van der Waals surface area contributed by atoms with Gasteiger partial charge in [0.05, 0.1) is 38.8 Å². The van der Waals surface area contributed by atoms with Gasteiger partial charge >= 0.3 is 0 Å². The molecule has 21 nitrogen and oxygen atoms in total. The maximum atomic E-state index is 14.3. The van der Waals surface area contributed by atoms with Crippen LogP contribution >= 0.6 is 0 Å². The molecule has 67 heavy (non-hydrogen) atoms. The van der Waals surface area contributed by atoms with Gasteiger partial charge in [-0.2, -0.15) is 9.97 Å². The molecule has 0 bridgehead atoms. The standard InChI is InChI=1S/C23H23FN8O3.C20H21FN8O2.CH4/c1-2-21(33)28-17-4-3-5-18(14-17)29-22-20(24)15-26-23(31-22)30-16-6-8-19(9-7-16)35-13-12-34-11-10-27-32-25;21-18-13-24-20(28-19(18)26-16-3-1-2-14(22)12-16)27-15-4-6-17(7-5-15)31-11-10-30-9-8-25-29-23;/h2-9,14-15H,1,10-13H2,(H,28,33)(H2,26,29,30,31);1-7,12-13H,8-11,22H2,(H2,24,26,27,28);1H4. The van der Waals surface area contributed by atoms with Crippen LogP contribution in [0.25, 0.3) is 20.9 Å². The zero-order chi connectivity index (χ0) is 46.8. The number of rotatable bonds is 24. The normalized spacial score (nSPS) is 10.0. The number of hydrogen-bond acceptors (Lipinski definition) is 16. The van der Waals surface area contributed by atoms with Gasteiger partial charge in [0.25, 0.3) is 0 Å². The number of carbonyl (C=O) groups excluding carboxylic acids is 1. The van der Waals surface area contributed by atoms with Crippen LogP contribution in [0, 0.1) is 11.6 Å². The molecule has 0 aliphatic heterocycles. The van der Waals surface area contributed by atoms with E-state index < -0.39 is 11.6 Å². The van der Waals surface area contributed by atoms with E-state index in [1.807, 2.05) is 0 Å². The Morgan fingerprint density at radius 3 is 1.57 bits per heavy atom. The van der Waals surface area contributed by atoms with E-state index in [2.05, 4.69) is 73.2 Å². The fourth-order valence-corrected chi connectivity index (χ4v) is 5.26. The minimum absolute atomic E-state index is 0. The Kier molecular flexibility index (Phi) is 21.4. The van der Waals surface area contributed by atoms with Crippen molar-refractivity contribution in [3.05, 3.63) is 155 Å². The molecular formula is C44H48F2N16O5. The van der Waals surface area contributed by atoms with Gasteiger partial charge in [-0.3, -0.25) is 4.79 Å². The first kappa shape index (κ1) is 50.9. The Morgan fingerprint density at radius 1 is 0.642 bits per heavy atom. The van der Waals surface area contributed by atoms with Gasteiger partial charge in [0.2, 0.25) is 17.8 Å². The highest BCUT2D eigenvalue weighted by molar-refractivity contribution is 5.99. The number of azide groups is 2. The van der Waals surface area contributed by atoms with E-state index in [1.54, 1.807) is 97.1 Å². The van der Waals surface area contributed by atoms with Crippen LogP contribution in [0.3, 0.4) is 0 Å². The van der Waals surface area contributed by atoms with Gasteiger partial charge < -0.3 is 51.3 Å². The first-order valence-corrected chi connectivity index (χ1v) is 19.9. The van der Waals surface area contributed by atoms with Gasteiger partial charge in [-0.15, -0.1) is 0 Å². The average Bonchev–Trinajstić information content (AvgIpc) is 3.32. The summed E-state index contributed by atoms with van der Waals surface area (Å²) in [5.74, 6) is 0.141. The van der Waals surface area contributed by atoms with Crippen molar-refractivity contribution >= 4 is 63.6 Å². The van der Waals surface area contributed by atoms with E-state index in [0.29, 0.717) is 91.8 Å². The van der Waals surface area contributed by atoms with Crippen molar-refractivity contribution in [2.75, 3.05) is 85.0 Å². The van der Waals surface area contributed by atoms with E-state index in [9.17, 15) is 13.6 Å². The Morgan fingerprint density at radius 2 is 1.10 bits per heavy atom. The summed E-state index contributed by atoms with van der Waals surface area (Å²) in [6.45, 7) is 6.12. The topological polar surface area (TPSA) is 289 Å². The van der Waals surface area contributed by atoms with Crippen LogP contribution in [0.2, 0.25) is 0 Å². The molecule has 0 saturated carbocycles. The summed E-state index contributed by atoms with van der Waals surface area (Å²) < 4.78 is 50.1. The third-order valence-corrected chi connectivity index (χ3v) is 8.23. The van der Waals surface area contributed by atoms with E-state index in [-0.39, 0.29) is 43.4 Å². The molecule has 0 aliphatic rings. The molecule has 2 heterocycles. The lowest BCUT2D eigenvalue weighted by molar-refractivity contribution is -0.111. The van der Waals surface area contributed by atoms with Crippen molar-refractivity contribution < 1.29 is 32.5 Å². The minimum Gasteiger partial charge on any atom is -0.491 e. The van der Waals surface area contributed by atoms with Crippen LogP contribution in [-0.2, 0) is 14.3 Å². The van der Waals surface area contributed by atoms with Crippen LogP contribution in [-0.4, -0.2) is 78.6 Å². The maximum absolute atomic E-state index is 14.3. The minimum atomic E-state index is -0.638. The summed E-state index contributed by atoms with van der Waals surface area (Å²) in [7, 11) is 0. The molecule has 0 spiro atoms. The molecule has 6 rings (SSSR count). The maximum Gasteiger partial charge on any atom is 0.247 e. The van der Waals surface area contributed by atoms with Gasteiger partial charge in [-0.25, -0.2) is 18.7 Å². The zero-order valence-corrected chi connectivity index (χ0v) is 35.2. The second-order valence-electron chi connectivity index (χ2n) is 13.1. The SMILES string of the molecule is C.C=CC(=O)Nc1cccc(Nc2nc(Nc3ccc(OCCOCCN=[N+]=[N-])cc3)ncc2F)c1.[N-]=[N+]=NCCOCCOc1ccc(Nc2ncc(F)c(Nc3cccc(N)c3)n2)cc1. The molecule has 4 aromatic carbocycles. The molecule has 348 valence electrons. The second-order valence-corrected chi connectivity index (χ2v) is 13.1. The highest BCUT2D eigenvalue weighted by atomic mass is 19.1. The summed E-state index contributed by atoms with van der Waals surface area (Å²) in [6.07, 6.45) is 3.30. The van der Waals surface area contributed by atoms with Crippen molar-refractivity contribution in [2.24, 2.45) is 10.2 Å². The van der Waals surface area contributed by atoms with E-state index in [1.165, 1.54) is 0 Å². The number of nitrogen functional groups attached to an aromatic ring is 1. The number of amides is 1. The van der Waals surface area contributed by atoms with Gasteiger partial charge in [-0.05, 0) is 102 Å². The third kappa shape index (κ3) is 18.5. The zero-order valence-electron chi connectivity index (χ0n) is 35.2. The number of hydrogen-bond donors (Lipinski definition) is 6. The van der Waals surface area contributed by atoms with Gasteiger partial charge in [0.1, 0.15) is 24.7 Å². The van der Waals surface area contributed by atoms with Crippen LogP contribution in [0.5, 0.6) is 11.5 Å². The molecule has 1 amide bonds. The number of nitrogens with two attached hydrogens (primary N) is 1. The molecule has 0 unspecified atom stereocenters. The first-order chi connectivity index (χ1) is 32.2. The molecule has 0 atom stereocenters. The lowest BCUT2D eigenvalue weighted by Crippen LogP contribution is -2.08. The van der Waals surface area contributed by atoms with E-state index in [0.717, 1.165) is 18.5 Å². The summed E-state index contributed by atoms with van der Waals surface area (Å²) in [5, 5.41) is 21.2. The molecule has 0 radical (unpaired) electrons. The van der Waals surface area contributed by atoms with E-state index in [4.69, 9.17) is 35.7 Å². The molecule has 6 aromatic rings. The lowest BCUT2D eigenvalue weighted by atomic mass is 10.2. The number of ether oxygens (including phenoxy) is 4. The highest BCUT2D eigenvalue weighted by Gasteiger charge is 2.11. The number of nitrogens with one attached hydrogen (secondary N) is 5. The Bertz CT molecular complexity index is 2600. The van der Waals surface area contributed by atoms with Crippen molar-refractivity contribution in [3.63, 3.8) is 0 Å². The van der Waals surface area contributed by atoms with Crippen LogP contribution in [0.1, 0.15) is 7.43 Å². The molecule has 7 N–H and O–H groups in total. The van der Waals surface area contributed by atoms with Crippen molar-refractivity contribution in [1.82, 2.24) is 19.9 Å². The number of carbonyl (C=O) groups is 1. The fourth-order valence-electron chi connectivity index (χ4n) is 5.26. The Labute approximate surface area is 384 Å². The molecule has 0 fully saturated rings. The quantitative estimate of drug-likeness (QED) is 0.00822. The molecule has 2 aromatic heterocycles. The van der Waals surface area contributed by atoms with Gasteiger partial charge in [0.15, 0.2) is 23.3 Å². The van der Waals surface area contributed by atoms with E-state index >= 15 is 0 Å². The monoisotopic (exact) mass is 918 g/mol. The van der Waals surface area contributed by atoms with Crippen LogP contribution in [0.4, 0.5) is 66.4 Å². The largest absolute Gasteiger partial charge is 0.491 e. The lowest BCUT2D eigenvalue weighted by Gasteiger charge is -2.11. The number of aromatic nitrogens is 4. The number of anilines is 10. The molecular weight excluding hydrogens is 871 g/mol. The second kappa shape index (κ2) is 28.1. The summed E-state index contributed by atoms with van der Waals surface area (Å²) >= 11 is 0. The third-order valence-electron chi connectivity index (χ3n) is 8.23. The van der Waals surface area contributed by atoms with Crippen LogP contribution in [0.15, 0.2) is 132 Å². The highest BCUT2D eigenvalue weighted by Crippen LogP contribution is 2.25. The number of nitrogens with zero attached hydrogens (tertiary/aromatic N) is 10. The van der Waals surface area contributed by atoms with Gasteiger partial charge in [0, 0.05) is 57.0 Å². The number of halogens is 2. The summed E-state index contributed by atoms with van der Waals surface area (Å²) in [4.78, 5) is 33.1. The predicted molar refractivity (Wildman–Crippen MR) is 254 cm³/mol. The number of benzene rings is 4. The fraction of sp³-hybridized carbons (Fsp3) is 0.205. The summed E-state index contributed by atoms with van der Waals surface area (Å²) in [5.41, 5.74) is 25.7. The first-order valence-electron chi connectivity index (χ1n) is 19.9. The van der Waals surface area contributed by atoms with Crippen molar-refractivity contribution in [1.29, 1.82) is 0 Å². The van der Waals surface area contributed by atoms with Crippen molar-refractivity contribution in [3.8, 4) is 11.5 Å². The van der Waals surface area contributed by atoms with Gasteiger partial charge in [-0.1, -0.05) is 36.4 Å². The Hall–Kier alpha value is -8.75. The molecule has 23 heteroatoms.